The number of carbonyl (C=O) groups excluding carboxylic acids is 1. The molecule has 106 valence electrons. The van der Waals surface area contributed by atoms with E-state index in [4.69, 9.17) is 0 Å². The zero-order valence-corrected chi connectivity index (χ0v) is 11.9. The molecular weight excluding hydrogens is 240 g/mol. The van der Waals surface area contributed by atoms with E-state index in [1.165, 1.54) is 6.54 Å². The van der Waals surface area contributed by atoms with Gasteiger partial charge in [-0.05, 0) is 31.8 Å². The number of piperidine rings is 1. The number of hydrogen-bond acceptors (Lipinski definition) is 3. The van der Waals surface area contributed by atoms with Gasteiger partial charge in [0, 0.05) is 25.8 Å². The van der Waals surface area contributed by atoms with E-state index in [-0.39, 0.29) is 5.91 Å². The van der Waals surface area contributed by atoms with Crippen LogP contribution in [0.15, 0.2) is 12.4 Å². The van der Waals surface area contributed by atoms with Gasteiger partial charge in [-0.25, -0.2) is 0 Å². The number of aromatic nitrogens is 2. The molecule has 1 fully saturated rings. The molecule has 5 heteroatoms. The van der Waals surface area contributed by atoms with Crippen LogP contribution in [-0.2, 0) is 0 Å². The fourth-order valence-corrected chi connectivity index (χ4v) is 2.72. The maximum Gasteiger partial charge on any atom is 0.257 e. The number of H-pyrrole nitrogens is 1. The van der Waals surface area contributed by atoms with Gasteiger partial charge in [0.1, 0.15) is 0 Å². The molecule has 19 heavy (non-hydrogen) atoms. The molecule has 0 aliphatic carbocycles. The van der Waals surface area contributed by atoms with Crippen LogP contribution in [0.1, 0.15) is 37.0 Å². The van der Waals surface area contributed by atoms with E-state index < -0.39 is 0 Å². The van der Waals surface area contributed by atoms with Gasteiger partial charge >= 0.3 is 0 Å². The number of nitrogens with one attached hydrogen (secondary N) is 1. The van der Waals surface area contributed by atoms with Crippen molar-refractivity contribution in [1.29, 1.82) is 0 Å². The van der Waals surface area contributed by atoms with E-state index >= 15 is 0 Å². The van der Waals surface area contributed by atoms with Crippen LogP contribution in [0.4, 0.5) is 0 Å². The molecule has 0 bridgehead atoms. The Hall–Kier alpha value is -1.36. The Morgan fingerprint density at radius 2 is 2.11 bits per heavy atom. The second-order valence-electron chi connectivity index (χ2n) is 5.21. The van der Waals surface area contributed by atoms with E-state index in [0.717, 1.165) is 44.9 Å². The molecule has 0 saturated carbocycles. The molecule has 0 atom stereocenters. The van der Waals surface area contributed by atoms with Crippen LogP contribution in [0.3, 0.4) is 0 Å². The number of hydrogen-bond donors (Lipinski definition) is 1. The first kappa shape index (κ1) is 14.1. The van der Waals surface area contributed by atoms with E-state index in [1.54, 1.807) is 12.4 Å². The highest BCUT2D eigenvalue weighted by Gasteiger charge is 2.24. The fraction of sp³-hybridized carbons (Fsp3) is 0.714. The Kier molecular flexibility index (Phi) is 4.96. The van der Waals surface area contributed by atoms with Crippen LogP contribution in [0.25, 0.3) is 0 Å². The predicted molar refractivity (Wildman–Crippen MR) is 75.0 cm³/mol. The monoisotopic (exact) mass is 264 g/mol. The van der Waals surface area contributed by atoms with Gasteiger partial charge in [-0.3, -0.25) is 9.89 Å². The van der Waals surface area contributed by atoms with Crippen molar-refractivity contribution in [3.05, 3.63) is 18.0 Å². The molecule has 1 amide bonds. The summed E-state index contributed by atoms with van der Waals surface area (Å²) in [5.41, 5.74) is 0.669. The molecule has 1 saturated heterocycles. The number of amides is 1. The Morgan fingerprint density at radius 3 is 2.63 bits per heavy atom. The first-order chi connectivity index (χ1) is 9.24. The van der Waals surface area contributed by atoms with Crippen molar-refractivity contribution in [3.8, 4) is 0 Å². The van der Waals surface area contributed by atoms with Crippen LogP contribution in [-0.4, -0.2) is 58.6 Å². The molecule has 2 rings (SSSR count). The van der Waals surface area contributed by atoms with Crippen LogP contribution < -0.4 is 0 Å². The van der Waals surface area contributed by atoms with Gasteiger partial charge in [-0.1, -0.05) is 13.8 Å². The number of aromatic amines is 1. The van der Waals surface area contributed by atoms with Crippen molar-refractivity contribution in [2.75, 3.05) is 32.7 Å². The standard InChI is InChI=1S/C14H24N4O/c1-3-17(4-2)11-12-5-7-18(8-6-12)14(19)13-9-15-16-10-13/h9-10,12H,3-8,11H2,1-2H3,(H,15,16). The lowest BCUT2D eigenvalue weighted by atomic mass is 9.96. The van der Waals surface area contributed by atoms with Crippen LogP contribution in [0.2, 0.25) is 0 Å². The molecule has 1 aliphatic rings. The second-order valence-corrected chi connectivity index (χ2v) is 5.21. The van der Waals surface area contributed by atoms with Gasteiger partial charge in [0.15, 0.2) is 0 Å². The van der Waals surface area contributed by atoms with Crippen molar-refractivity contribution >= 4 is 5.91 Å². The zero-order chi connectivity index (χ0) is 13.7. The Labute approximate surface area is 115 Å². The third-order valence-corrected chi connectivity index (χ3v) is 4.06. The number of nitrogens with zero attached hydrogens (tertiary/aromatic N) is 3. The quantitative estimate of drug-likeness (QED) is 0.879. The highest BCUT2D eigenvalue weighted by Crippen LogP contribution is 2.19. The maximum atomic E-state index is 12.2. The molecule has 0 aromatic carbocycles. The minimum absolute atomic E-state index is 0.107. The van der Waals surface area contributed by atoms with Crippen molar-refractivity contribution in [3.63, 3.8) is 0 Å². The van der Waals surface area contributed by atoms with Crippen molar-refractivity contribution < 1.29 is 4.79 Å². The average molecular weight is 264 g/mol. The molecule has 2 heterocycles. The van der Waals surface area contributed by atoms with Crippen molar-refractivity contribution in [1.82, 2.24) is 20.0 Å². The van der Waals surface area contributed by atoms with Gasteiger partial charge in [0.25, 0.3) is 5.91 Å². The molecule has 0 spiro atoms. The second kappa shape index (κ2) is 6.70. The molecule has 0 radical (unpaired) electrons. The molecular formula is C14H24N4O. The SMILES string of the molecule is CCN(CC)CC1CCN(C(=O)c2cn[nH]c2)CC1. The Bertz CT molecular complexity index is 378. The minimum atomic E-state index is 0.107. The zero-order valence-electron chi connectivity index (χ0n) is 11.9. The van der Waals surface area contributed by atoms with E-state index in [1.807, 2.05) is 4.90 Å². The number of rotatable bonds is 5. The minimum Gasteiger partial charge on any atom is -0.339 e. The molecule has 5 nitrogen and oxygen atoms in total. The summed E-state index contributed by atoms with van der Waals surface area (Å²) in [5.74, 6) is 0.836. The maximum absolute atomic E-state index is 12.2. The lowest BCUT2D eigenvalue weighted by molar-refractivity contribution is 0.0670. The van der Waals surface area contributed by atoms with Gasteiger partial charge in [0.2, 0.25) is 0 Å². The van der Waals surface area contributed by atoms with Crippen LogP contribution in [0.5, 0.6) is 0 Å². The summed E-state index contributed by atoms with van der Waals surface area (Å²) in [5, 5.41) is 6.53. The summed E-state index contributed by atoms with van der Waals surface area (Å²) < 4.78 is 0. The van der Waals surface area contributed by atoms with Crippen molar-refractivity contribution in [2.24, 2.45) is 5.92 Å². The van der Waals surface area contributed by atoms with E-state index in [9.17, 15) is 4.79 Å². The molecule has 1 aromatic heterocycles. The summed E-state index contributed by atoms with van der Waals surface area (Å²) in [7, 11) is 0. The first-order valence-electron chi connectivity index (χ1n) is 7.25. The summed E-state index contributed by atoms with van der Waals surface area (Å²) in [6.07, 6.45) is 5.49. The van der Waals surface area contributed by atoms with Gasteiger partial charge < -0.3 is 9.80 Å². The molecule has 0 unspecified atom stereocenters. The smallest absolute Gasteiger partial charge is 0.257 e. The highest BCUT2D eigenvalue weighted by atomic mass is 16.2. The van der Waals surface area contributed by atoms with Gasteiger partial charge in [0.05, 0.1) is 11.8 Å². The summed E-state index contributed by atoms with van der Waals surface area (Å²) in [4.78, 5) is 16.6. The van der Waals surface area contributed by atoms with E-state index in [2.05, 4.69) is 28.9 Å². The molecule has 1 N–H and O–H groups in total. The number of likely N-dealkylation sites (tertiary alicyclic amines) is 1. The summed E-state index contributed by atoms with van der Waals surface area (Å²) in [6.45, 7) is 9.56. The third-order valence-electron chi connectivity index (χ3n) is 4.06. The average Bonchev–Trinajstić information content (AvgIpc) is 2.99. The molecule has 1 aromatic rings. The van der Waals surface area contributed by atoms with Crippen LogP contribution in [0, 0.1) is 5.92 Å². The molecule has 1 aliphatic heterocycles. The lowest BCUT2D eigenvalue weighted by Crippen LogP contribution is -2.41. The Balaban J connectivity index is 1.81. The van der Waals surface area contributed by atoms with E-state index in [0.29, 0.717) is 5.56 Å². The predicted octanol–water partition coefficient (Wildman–Crippen LogP) is 1.60. The van der Waals surface area contributed by atoms with Gasteiger partial charge in [-0.2, -0.15) is 5.10 Å². The third kappa shape index (κ3) is 3.56. The Morgan fingerprint density at radius 1 is 1.42 bits per heavy atom. The summed E-state index contributed by atoms with van der Waals surface area (Å²) in [6, 6.07) is 0. The summed E-state index contributed by atoms with van der Waals surface area (Å²) >= 11 is 0. The fourth-order valence-electron chi connectivity index (χ4n) is 2.72. The van der Waals surface area contributed by atoms with Gasteiger partial charge in [-0.15, -0.1) is 0 Å². The largest absolute Gasteiger partial charge is 0.339 e. The normalized spacial score (nSPS) is 17.1. The lowest BCUT2D eigenvalue weighted by Gasteiger charge is -2.34. The first-order valence-corrected chi connectivity index (χ1v) is 7.25. The highest BCUT2D eigenvalue weighted by molar-refractivity contribution is 5.93. The van der Waals surface area contributed by atoms with Crippen molar-refractivity contribution in [2.45, 2.75) is 26.7 Å². The topological polar surface area (TPSA) is 52.2 Å². The van der Waals surface area contributed by atoms with Crippen LogP contribution >= 0.6 is 0 Å². The number of carbonyl (C=O) groups is 1.